The largest absolute Gasteiger partial charge is 0.444 e. The normalized spacial score (nSPS) is 21.7. The van der Waals surface area contributed by atoms with Crippen molar-refractivity contribution in [2.24, 2.45) is 4.99 Å². The average Bonchev–Trinajstić information content (AvgIpc) is 2.45. The number of hydrogen-bond donors (Lipinski definition) is 1. The number of amides is 1. The number of carbonyl (C=O) groups excluding carboxylic acids is 1. The number of nitrogens with one attached hydrogen (secondary N) is 1. The molecule has 1 saturated heterocycles. The molecule has 5 nitrogen and oxygen atoms in total. The van der Waals surface area contributed by atoms with E-state index < -0.39 is 5.60 Å². The van der Waals surface area contributed by atoms with Crippen molar-refractivity contribution in [1.82, 2.24) is 10.2 Å². The summed E-state index contributed by atoms with van der Waals surface area (Å²) in [5.41, 5.74) is 0.761. The van der Waals surface area contributed by atoms with E-state index in [2.05, 4.69) is 10.3 Å². The van der Waals surface area contributed by atoms with Gasteiger partial charge in [0.15, 0.2) is 0 Å². The highest BCUT2D eigenvalue weighted by Gasteiger charge is 2.26. The molecule has 0 aromatic heterocycles. The van der Waals surface area contributed by atoms with Gasteiger partial charge in [0.25, 0.3) is 0 Å². The molecule has 0 aliphatic carbocycles. The molecule has 21 heavy (non-hydrogen) atoms. The summed E-state index contributed by atoms with van der Waals surface area (Å²) in [6, 6.07) is 0.412. The zero-order valence-electron chi connectivity index (χ0n) is 13.1. The van der Waals surface area contributed by atoms with Gasteiger partial charge in [-0.1, -0.05) is 6.08 Å². The molecule has 0 bridgehead atoms. The van der Waals surface area contributed by atoms with E-state index in [-0.39, 0.29) is 6.09 Å². The first-order chi connectivity index (χ1) is 9.94. The summed E-state index contributed by atoms with van der Waals surface area (Å²) in [5.74, 6) is 0. The highest BCUT2D eigenvalue weighted by molar-refractivity contribution is 5.80. The highest BCUT2D eigenvalue weighted by Crippen LogP contribution is 2.15. The van der Waals surface area contributed by atoms with Crippen LogP contribution in [0.1, 0.15) is 40.0 Å². The number of carbonyl (C=O) groups is 1. The van der Waals surface area contributed by atoms with Crippen molar-refractivity contribution in [1.29, 1.82) is 0 Å². The minimum atomic E-state index is -0.426. The quantitative estimate of drug-likeness (QED) is 0.851. The molecule has 116 valence electrons. The van der Waals surface area contributed by atoms with Gasteiger partial charge in [-0.15, -0.1) is 0 Å². The monoisotopic (exact) mass is 291 g/mol. The van der Waals surface area contributed by atoms with Crippen molar-refractivity contribution in [3.05, 3.63) is 24.0 Å². The van der Waals surface area contributed by atoms with Gasteiger partial charge in [0.2, 0.25) is 0 Å². The number of hydrogen-bond acceptors (Lipinski definition) is 4. The fourth-order valence-corrected chi connectivity index (χ4v) is 2.32. The Morgan fingerprint density at radius 1 is 1.43 bits per heavy atom. The summed E-state index contributed by atoms with van der Waals surface area (Å²) in [4.78, 5) is 17.9. The fourth-order valence-electron chi connectivity index (χ4n) is 2.32. The Kier molecular flexibility index (Phi) is 5.04. The van der Waals surface area contributed by atoms with Crippen LogP contribution in [-0.4, -0.2) is 41.9 Å². The molecule has 2 heterocycles. The molecule has 0 atom stereocenters. The zero-order valence-corrected chi connectivity index (χ0v) is 13.1. The number of likely N-dealkylation sites (tertiary alicyclic amines) is 1. The molecule has 0 spiro atoms. The van der Waals surface area contributed by atoms with Crippen molar-refractivity contribution in [2.75, 3.05) is 13.1 Å². The lowest BCUT2D eigenvalue weighted by Crippen LogP contribution is -2.45. The van der Waals surface area contributed by atoms with E-state index in [0.29, 0.717) is 6.04 Å². The topological polar surface area (TPSA) is 53.9 Å². The lowest BCUT2D eigenvalue weighted by atomic mass is 10.1. The van der Waals surface area contributed by atoms with Gasteiger partial charge in [-0.25, -0.2) is 4.79 Å². The van der Waals surface area contributed by atoms with Gasteiger partial charge < -0.3 is 15.0 Å². The van der Waals surface area contributed by atoms with Gasteiger partial charge in [-0.2, -0.15) is 0 Å². The van der Waals surface area contributed by atoms with Gasteiger partial charge in [0, 0.05) is 37.7 Å². The Bertz CT molecular complexity index is 453. The lowest BCUT2D eigenvalue weighted by molar-refractivity contribution is 0.0201. The summed E-state index contributed by atoms with van der Waals surface area (Å²) in [5, 5.41) is 3.43. The Balaban J connectivity index is 1.74. The summed E-state index contributed by atoms with van der Waals surface area (Å²) in [7, 11) is 0. The molecule has 0 unspecified atom stereocenters. The molecule has 1 fully saturated rings. The molecule has 1 N–H and O–H groups in total. The third-order valence-corrected chi connectivity index (χ3v) is 3.44. The standard InChI is InChI=1S/C16H25N3O2/c1-16(2,3)21-15(20)19-9-6-14(7-10-19)18-12-13-5-4-8-17-11-13/h4,8,11-12,14,18H,5-7,9-10H2,1-3H3. The molecule has 1 amide bonds. The summed E-state index contributed by atoms with van der Waals surface area (Å²) >= 11 is 0. The number of piperidine rings is 1. The van der Waals surface area contributed by atoms with Crippen LogP contribution in [0.15, 0.2) is 29.0 Å². The number of allylic oxidation sites excluding steroid dienone is 2. The second-order valence-corrected chi connectivity index (χ2v) is 6.49. The van der Waals surface area contributed by atoms with Crippen LogP contribution in [0.4, 0.5) is 4.79 Å². The third-order valence-electron chi connectivity index (χ3n) is 3.44. The maximum atomic E-state index is 12.0. The fraction of sp³-hybridized carbons (Fsp3) is 0.625. The third kappa shape index (κ3) is 5.25. The van der Waals surface area contributed by atoms with Crippen LogP contribution in [0.2, 0.25) is 0 Å². The van der Waals surface area contributed by atoms with Gasteiger partial charge in [-0.05, 0) is 45.6 Å². The van der Waals surface area contributed by atoms with E-state index >= 15 is 0 Å². The predicted octanol–water partition coefficient (Wildman–Crippen LogP) is 2.85. The van der Waals surface area contributed by atoms with Crippen molar-refractivity contribution >= 4 is 12.3 Å². The Morgan fingerprint density at radius 2 is 2.14 bits per heavy atom. The van der Waals surface area contributed by atoms with E-state index in [1.54, 1.807) is 4.90 Å². The van der Waals surface area contributed by atoms with Gasteiger partial charge in [0.05, 0.1) is 0 Å². The van der Waals surface area contributed by atoms with Crippen LogP contribution < -0.4 is 5.32 Å². The van der Waals surface area contributed by atoms with Crippen LogP contribution in [0, 0.1) is 0 Å². The zero-order chi connectivity index (χ0) is 15.3. The summed E-state index contributed by atoms with van der Waals surface area (Å²) in [6.07, 6.45) is 10.4. The van der Waals surface area contributed by atoms with E-state index in [9.17, 15) is 4.79 Å². The van der Waals surface area contributed by atoms with Crippen molar-refractivity contribution in [3.8, 4) is 0 Å². The SMILES string of the molecule is CC(C)(C)OC(=O)N1CCC(NC=C2C=NC=CC2)CC1. The minimum Gasteiger partial charge on any atom is -0.444 e. The van der Waals surface area contributed by atoms with Crippen molar-refractivity contribution in [2.45, 2.75) is 51.7 Å². The van der Waals surface area contributed by atoms with Crippen LogP contribution in [0.3, 0.4) is 0 Å². The van der Waals surface area contributed by atoms with Gasteiger partial charge in [-0.3, -0.25) is 4.99 Å². The Labute approximate surface area is 126 Å². The second kappa shape index (κ2) is 6.78. The maximum Gasteiger partial charge on any atom is 0.410 e. The number of nitrogens with zero attached hydrogens (tertiary/aromatic N) is 2. The lowest BCUT2D eigenvalue weighted by Gasteiger charge is -2.33. The Hall–Kier alpha value is -1.78. The smallest absolute Gasteiger partial charge is 0.410 e. The van der Waals surface area contributed by atoms with E-state index in [4.69, 9.17) is 4.74 Å². The van der Waals surface area contributed by atoms with Gasteiger partial charge >= 0.3 is 6.09 Å². The molecular formula is C16H25N3O2. The van der Waals surface area contributed by atoms with Crippen LogP contribution >= 0.6 is 0 Å². The van der Waals surface area contributed by atoms with Crippen molar-refractivity contribution in [3.63, 3.8) is 0 Å². The molecule has 2 aliphatic heterocycles. The van der Waals surface area contributed by atoms with E-state index in [1.165, 1.54) is 5.57 Å². The van der Waals surface area contributed by atoms with Crippen molar-refractivity contribution < 1.29 is 9.53 Å². The van der Waals surface area contributed by atoms with E-state index in [1.807, 2.05) is 45.5 Å². The second-order valence-electron chi connectivity index (χ2n) is 6.49. The Morgan fingerprint density at radius 3 is 2.71 bits per heavy atom. The molecule has 2 rings (SSSR count). The predicted molar refractivity (Wildman–Crippen MR) is 84.3 cm³/mol. The minimum absolute atomic E-state index is 0.205. The summed E-state index contributed by atoms with van der Waals surface area (Å²) in [6.45, 7) is 7.16. The summed E-state index contributed by atoms with van der Waals surface area (Å²) < 4.78 is 5.40. The molecule has 2 aliphatic rings. The number of ether oxygens (including phenoxy) is 1. The number of aliphatic imine (C=N–C) groups is 1. The first-order valence-corrected chi connectivity index (χ1v) is 7.55. The average molecular weight is 291 g/mol. The first-order valence-electron chi connectivity index (χ1n) is 7.55. The van der Waals surface area contributed by atoms with Crippen LogP contribution in [-0.2, 0) is 4.74 Å². The van der Waals surface area contributed by atoms with Crippen LogP contribution in [0.25, 0.3) is 0 Å². The van der Waals surface area contributed by atoms with Gasteiger partial charge in [0.1, 0.15) is 5.60 Å². The molecule has 0 aromatic rings. The number of rotatable bonds is 2. The molecule has 0 aromatic carbocycles. The van der Waals surface area contributed by atoms with E-state index in [0.717, 1.165) is 32.4 Å². The maximum absolute atomic E-state index is 12.0. The highest BCUT2D eigenvalue weighted by atomic mass is 16.6. The van der Waals surface area contributed by atoms with Crippen LogP contribution in [0.5, 0.6) is 0 Å². The molecular weight excluding hydrogens is 266 g/mol. The first kappa shape index (κ1) is 15.6. The molecule has 5 heteroatoms. The molecule has 0 radical (unpaired) electrons. The molecule has 0 saturated carbocycles.